The number of unbranched alkanes of at least 4 members (excludes halogenated alkanes) is 1. The number of allylic oxidation sites excluding steroid dienone is 2. The Balaban J connectivity index is 3.75. The van der Waals surface area contributed by atoms with Crippen LogP contribution in [-0.4, -0.2) is 11.2 Å². The zero-order valence-electron chi connectivity index (χ0n) is 8.80. The Morgan fingerprint density at radius 3 is 2.33 bits per heavy atom. The van der Waals surface area contributed by atoms with Gasteiger partial charge in [-0.25, -0.2) is 0 Å². The average Bonchev–Trinajstić information content (AvgIpc) is 1.98. The van der Waals surface area contributed by atoms with E-state index in [1.807, 2.05) is 6.92 Å². The number of aliphatic hydroxyl groups excluding tert-OH is 1. The SMILES string of the molecule is CCCC=CCC(C)(C)C(C)O. The summed E-state index contributed by atoms with van der Waals surface area (Å²) in [7, 11) is 0. The van der Waals surface area contributed by atoms with Gasteiger partial charge < -0.3 is 5.11 Å². The maximum absolute atomic E-state index is 9.40. The van der Waals surface area contributed by atoms with E-state index in [9.17, 15) is 5.11 Å². The van der Waals surface area contributed by atoms with E-state index in [-0.39, 0.29) is 11.5 Å². The second kappa shape index (κ2) is 5.36. The van der Waals surface area contributed by atoms with Crippen molar-refractivity contribution in [1.82, 2.24) is 0 Å². The fourth-order valence-electron chi connectivity index (χ4n) is 0.842. The van der Waals surface area contributed by atoms with Crippen LogP contribution in [0, 0.1) is 5.41 Å². The Bertz CT molecular complexity index is 134. The third-order valence-electron chi connectivity index (χ3n) is 2.40. The Morgan fingerprint density at radius 1 is 1.33 bits per heavy atom. The summed E-state index contributed by atoms with van der Waals surface area (Å²) >= 11 is 0. The molecule has 0 aromatic carbocycles. The lowest BCUT2D eigenvalue weighted by Gasteiger charge is -2.26. The Hall–Kier alpha value is -0.300. The molecule has 72 valence electrons. The van der Waals surface area contributed by atoms with Gasteiger partial charge in [0.05, 0.1) is 6.10 Å². The summed E-state index contributed by atoms with van der Waals surface area (Å²) in [4.78, 5) is 0. The average molecular weight is 170 g/mol. The molecule has 1 N–H and O–H groups in total. The van der Waals surface area contributed by atoms with Crippen LogP contribution in [0.2, 0.25) is 0 Å². The van der Waals surface area contributed by atoms with E-state index in [2.05, 4.69) is 32.9 Å². The second-order valence-corrected chi connectivity index (χ2v) is 4.13. The van der Waals surface area contributed by atoms with Crippen LogP contribution < -0.4 is 0 Å². The van der Waals surface area contributed by atoms with Crippen molar-refractivity contribution in [2.75, 3.05) is 0 Å². The Morgan fingerprint density at radius 2 is 1.92 bits per heavy atom. The van der Waals surface area contributed by atoms with Gasteiger partial charge in [-0.15, -0.1) is 0 Å². The van der Waals surface area contributed by atoms with E-state index in [1.54, 1.807) is 0 Å². The molecule has 0 aliphatic rings. The van der Waals surface area contributed by atoms with Gasteiger partial charge in [0, 0.05) is 0 Å². The topological polar surface area (TPSA) is 20.2 Å². The van der Waals surface area contributed by atoms with Crippen LogP contribution >= 0.6 is 0 Å². The molecule has 12 heavy (non-hydrogen) atoms. The van der Waals surface area contributed by atoms with E-state index in [0.29, 0.717) is 0 Å². The molecule has 1 heteroatoms. The summed E-state index contributed by atoms with van der Waals surface area (Å²) in [5.74, 6) is 0. The van der Waals surface area contributed by atoms with E-state index < -0.39 is 0 Å². The van der Waals surface area contributed by atoms with Gasteiger partial charge in [-0.1, -0.05) is 39.3 Å². The van der Waals surface area contributed by atoms with Crippen molar-refractivity contribution in [2.24, 2.45) is 5.41 Å². The van der Waals surface area contributed by atoms with Crippen LogP contribution in [0.3, 0.4) is 0 Å². The Kier molecular flexibility index (Phi) is 5.23. The molecule has 0 heterocycles. The highest BCUT2D eigenvalue weighted by molar-refractivity contribution is 4.89. The van der Waals surface area contributed by atoms with Crippen LogP contribution in [0.15, 0.2) is 12.2 Å². The zero-order valence-corrected chi connectivity index (χ0v) is 8.80. The lowest BCUT2D eigenvalue weighted by atomic mass is 9.84. The molecule has 0 aromatic heterocycles. The smallest absolute Gasteiger partial charge is 0.0565 e. The minimum Gasteiger partial charge on any atom is -0.393 e. The van der Waals surface area contributed by atoms with E-state index in [0.717, 1.165) is 12.8 Å². The van der Waals surface area contributed by atoms with Gasteiger partial charge in [-0.05, 0) is 25.2 Å². The van der Waals surface area contributed by atoms with Crippen LogP contribution in [0.25, 0.3) is 0 Å². The zero-order chi connectivity index (χ0) is 9.61. The summed E-state index contributed by atoms with van der Waals surface area (Å²) in [5, 5.41) is 9.40. The van der Waals surface area contributed by atoms with Crippen molar-refractivity contribution < 1.29 is 5.11 Å². The fourth-order valence-corrected chi connectivity index (χ4v) is 0.842. The highest BCUT2D eigenvalue weighted by atomic mass is 16.3. The minimum atomic E-state index is -0.233. The summed E-state index contributed by atoms with van der Waals surface area (Å²) in [6.45, 7) is 8.21. The summed E-state index contributed by atoms with van der Waals surface area (Å²) in [6.07, 6.45) is 7.45. The number of hydrogen-bond acceptors (Lipinski definition) is 1. The van der Waals surface area contributed by atoms with Crippen molar-refractivity contribution in [3.05, 3.63) is 12.2 Å². The molecule has 0 fully saturated rings. The first-order valence-corrected chi connectivity index (χ1v) is 4.83. The van der Waals surface area contributed by atoms with Crippen molar-refractivity contribution >= 4 is 0 Å². The van der Waals surface area contributed by atoms with Crippen molar-refractivity contribution in [1.29, 1.82) is 0 Å². The van der Waals surface area contributed by atoms with Crippen molar-refractivity contribution in [3.8, 4) is 0 Å². The predicted octanol–water partition coefficient (Wildman–Crippen LogP) is 3.14. The molecule has 0 bridgehead atoms. The first-order valence-electron chi connectivity index (χ1n) is 4.83. The van der Waals surface area contributed by atoms with Crippen LogP contribution in [0.4, 0.5) is 0 Å². The molecule has 0 rings (SSSR count). The molecule has 0 saturated heterocycles. The van der Waals surface area contributed by atoms with Gasteiger partial charge in [0.15, 0.2) is 0 Å². The van der Waals surface area contributed by atoms with Crippen molar-refractivity contribution in [3.63, 3.8) is 0 Å². The maximum atomic E-state index is 9.40. The predicted molar refractivity (Wildman–Crippen MR) is 54.1 cm³/mol. The molecule has 0 spiro atoms. The largest absolute Gasteiger partial charge is 0.393 e. The molecule has 0 saturated carbocycles. The van der Waals surface area contributed by atoms with Crippen LogP contribution in [0.1, 0.15) is 47.0 Å². The lowest BCUT2D eigenvalue weighted by Crippen LogP contribution is -2.25. The lowest BCUT2D eigenvalue weighted by molar-refractivity contribution is 0.0684. The molecule has 1 unspecified atom stereocenters. The maximum Gasteiger partial charge on any atom is 0.0565 e. The molecule has 0 aliphatic heterocycles. The van der Waals surface area contributed by atoms with Gasteiger partial charge in [-0.2, -0.15) is 0 Å². The molecular formula is C11H22O. The van der Waals surface area contributed by atoms with Gasteiger partial charge in [-0.3, -0.25) is 0 Å². The highest BCUT2D eigenvalue weighted by Gasteiger charge is 2.21. The molecule has 1 nitrogen and oxygen atoms in total. The molecule has 0 aromatic rings. The minimum absolute atomic E-state index is 0.0181. The van der Waals surface area contributed by atoms with E-state index in [1.165, 1.54) is 6.42 Å². The summed E-state index contributed by atoms with van der Waals surface area (Å²) in [6, 6.07) is 0. The van der Waals surface area contributed by atoms with Crippen LogP contribution in [-0.2, 0) is 0 Å². The van der Waals surface area contributed by atoms with Gasteiger partial charge in [0.2, 0.25) is 0 Å². The number of rotatable bonds is 5. The first kappa shape index (κ1) is 11.7. The van der Waals surface area contributed by atoms with Gasteiger partial charge >= 0.3 is 0 Å². The van der Waals surface area contributed by atoms with Crippen LogP contribution in [0.5, 0.6) is 0 Å². The molecule has 1 atom stereocenters. The van der Waals surface area contributed by atoms with Gasteiger partial charge in [0.25, 0.3) is 0 Å². The summed E-state index contributed by atoms with van der Waals surface area (Å²) in [5.41, 5.74) is 0.0181. The summed E-state index contributed by atoms with van der Waals surface area (Å²) < 4.78 is 0. The fraction of sp³-hybridized carbons (Fsp3) is 0.818. The molecule has 0 amide bonds. The molecular weight excluding hydrogens is 148 g/mol. The van der Waals surface area contributed by atoms with E-state index >= 15 is 0 Å². The monoisotopic (exact) mass is 170 g/mol. The second-order valence-electron chi connectivity index (χ2n) is 4.13. The van der Waals surface area contributed by atoms with Crippen molar-refractivity contribution in [2.45, 2.75) is 53.1 Å². The van der Waals surface area contributed by atoms with Gasteiger partial charge in [0.1, 0.15) is 0 Å². The highest BCUT2D eigenvalue weighted by Crippen LogP contribution is 2.25. The molecule has 0 radical (unpaired) electrons. The molecule has 0 aliphatic carbocycles. The third kappa shape index (κ3) is 4.55. The first-order chi connectivity index (χ1) is 5.50. The standard InChI is InChI=1S/C11H22O/c1-5-6-7-8-9-11(3,4)10(2)12/h7-8,10,12H,5-6,9H2,1-4H3. The Labute approximate surface area is 76.5 Å². The normalized spacial score (nSPS) is 15.4. The third-order valence-corrected chi connectivity index (χ3v) is 2.40. The number of aliphatic hydroxyl groups is 1. The van der Waals surface area contributed by atoms with E-state index in [4.69, 9.17) is 0 Å². The number of hydrogen-bond donors (Lipinski definition) is 1. The quantitative estimate of drug-likeness (QED) is 0.628.